The van der Waals surface area contributed by atoms with Crippen LogP contribution in [-0.2, 0) is 6.61 Å². The van der Waals surface area contributed by atoms with Crippen LogP contribution >= 0.6 is 11.6 Å². The Hall–Kier alpha value is -0.770. The van der Waals surface area contributed by atoms with Gasteiger partial charge in [-0.2, -0.15) is 0 Å². The predicted octanol–water partition coefficient (Wildman–Crippen LogP) is 2.36. The molecule has 1 aromatic carbocycles. The van der Waals surface area contributed by atoms with Crippen molar-refractivity contribution in [2.24, 2.45) is 0 Å². The van der Waals surface area contributed by atoms with Crippen molar-refractivity contribution >= 4 is 17.3 Å². The molecule has 2 rings (SSSR count). The van der Waals surface area contributed by atoms with Crippen LogP contribution in [0.5, 0.6) is 0 Å². The molecule has 1 N–H and O–H groups in total. The molecular formula is C14H21ClN2O. The van der Waals surface area contributed by atoms with E-state index in [0.717, 1.165) is 37.4 Å². The number of halogens is 1. The Bertz CT molecular complexity index is 401. The van der Waals surface area contributed by atoms with E-state index in [1.165, 1.54) is 0 Å². The van der Waals surface area contributed by atoms with Crippen LogP contribution in [0.1, 0.15) is 19.4 Å². The minimum absolute atomic E-state index is 0.000239. The number of benzene rings is 1. The van der Waals surface area contributed by atoms with Crippen LogP contribution in [0.2, 0.25) is 5.02 Å². The van der Waals surface area contributed by atoms with Crippen LogP contribution in [0.25, 0.3) is 0 Å². The number of hydrogen-bond donors (Lipinski definition) is 1. The molecule has 0 saturated carbocycles. The number of rotatable bonds is 3. The molecule has 0 aromatic heterocycles. The number of anilines is 1. The monoisotopic (exact) mass is 268 g/mol. The zero-order valence-electron chi connectivity index (χ0n) is 11.1. The molecule has 1 aromatic rings. The summed E-state index contributed by atoms with van der Waals surface area (Å²) in [6.07, 6.45) is 0. The molecule has 3 nitrogen and oxygen atoms in total. The molecule has 0 atom stereocenters. The largest absolute Gasteiger partial charge is 0.392 e. The second kappa shape index (κ2) is 5.91. The molecule has 0 radical (unpaired) electrons. The molecule has 0 bridgehead atoms. The van der Waals surface area contributed by atoms with Crippen molar-refractivity contribution in [1.82, 2.24) is 4.90 Å². The number of piperazine rings is 1. The molecule has 1 saturated heterocycles. The van der Waals surface area contributed by atoms with Gasteiger partial charge in [0.25, 0.3) is 0 Å². The van der Waals surface area contributed by atoms with Gasteiger partial charge in [0.2, 0.25) is 0 Å². The highest BCUT2D eigenvalue weighted by atomic mass is 35.5. The van der Waals surface area contributed by atoms with Gasteiger partial charge in [-0.1, -0.05) is 17.7 Å². The zero-order chi connectivity index (χ0) is 13.1. The van der Waals surface area contributed by atoms with Crippen LogP contribution in [0, 0.1) is 0 Å². The van der Waals surface area contributed by atoms with E-state index in [0.29, 0.717) is 11.1 Å². The van der Waals surface area contributed by atoms with Gasteiger partial charge in [0.1, 0.15) is 0 Å². The van der Waals surface area contributed by atoms with E-state index in [-0.39, 0.29) is 6.61 Å². The number of aliphatic hydroxyl groups is 1. The normalized spacial score (nSPS) is 17.5. The fourth-order valence-electron chi connectivity index (χ4n) is 2.36. The Morgan fingerprint density at radius 1 is 1.22 bits per heavy atom. The summed E-state index contributed by atoms with van der Waals surface area (Å²) < 4.78 is 0. The van der Waals surface area contributed by atoms with E-state index >= 15 is 0 Å². The lowest BCUT2D eigenvalue weighted by molar-refractivity contribution is 0.209. The first-order valence-electron chi connectivity index (χ1n) is 6.50. The molecule has 1 aliphatic rings. The predicted molar refractivity (Wildman–Crippen MR) is 76.3 cm³/mol. The van der Waals surface area contributed by atoms with E-state index in [1.54, 1.807) is 0 Å². The van der Waals surface area contributed by atoms with Crippen molar-refractivity contribution in [1.29, 1.82) is 0 Å². The van der Waals surface area contributed by atoms with E-state index in [9.17, 15) is 0 Å². The molecule has 0 spiro atoms. The summed E-state index contributed by atoms with van der Waals surface area (Å²) in [7, 11) is 0. The summed E-state index contributed by atoms with van der Waals surface area (Å²) in [5.41, 5.74) is 1.95. The molecule has 0 aliphatic carbocycles. The van der Waals surface area contributed by atoms with Crippen molar-refractivity contribution in [2.45, 2.75) is 26.5 Å². The van der Waals surface area contributed by atoms with Gasteiger partial charge in [0, 0.05) is 42.9 Å². The molecule has 1 fully saturated rings. The second-order valence-corrected chi connectivity index (χ2v) is 5.46. The third kappa shape index (κ3) is 2.97. The molecule has 0 amide bonds. The molecular weight excluding hydrogens is 248 g/mol. The molecule has 1 heterocycles. The van der Waals surface area contributed by atoms with Crippen molar-refractivity contribution in [3.05, 3.63) is 28.8 Å². The highest BCUT2D eigenvalue weighted by Crippen LogP contribution is 2.24. The van der Waals surface area contributed by atoms with Gasteiger partial charge in [0.05, 0.1) is 6.61 Å². The highest BCUT2D eigenvalue weighted by Gasteiger charge is 2.19. The summed E-state index contributed by atoms with van der Waals surface area (Å²) in [6, 6.07) is 6.53. The van der Waals surface area contributed by atoms with Crippen LogP contribution in [0.4, 0.5) is 5.69 Å². The highest BCUT2D eigenvalue weighted by molar-refractivity contribution is 6.31. The van der Waals surface area contributed by atoms with Gasteiger partial charge < -0.3 is 10.0 Å². The lowest BCUT2D eigenvalue weighted by Crippen LogP contribution is -2.48. The Morgan fingerprint density at radius 2 is 1.89 bits per heavy atom. The second-order valence-electron chi connectivity index (χ2n) is 5.05. The maximum Gasteiger partial charge on any atom is 0.0696 e. The van der Waals surface area contributed by atoms with Crippen molar-refractivity contribution in [3.63, 3.8) is 0 Å². The Balaban J connectivity index is 2.03. The van der Waals surface area contributed by atoms with Gasteiger partial charge in [-0.05, 0) is 31.5 Å². The van der Waals surface area contributed by atoms with E-state index in [4.69, 9.17) is 16.7 Å². The molecule has 4 heteroatoms. The Morgan fingerprint density at radius 3 is 2.39 bits per heavy atom. The van der Waals surface area contributed by atoms with Gasteiger partial charge >= 0.3 is 0 Å². The Kier molecular flexibility index (Phi) is 4.49. The maximum absolute atomic E-state index is 9.11. The average molecular weight is 269 g/mol. The lowest BCUT2D eigenvalue weighted by Gasteiger charge is -2.38. The summed E-state index contributed by atoms with van der Waals surface area (Å²) in [6.45, 7) is 8.74. The summed E-state index contributed by atoms with van der Waals surface area (Å²) in [5, 5.41) is 9.76. The first-order valence-corrected chi connectivity index (χ1v) is 6.88. The van der Waals surface area contributed by atoms with Crippen LogP contribution < -0.4 is 4.90 Å². The van der Waals surface area contributed by atoms with Crippen LogP contribution in [-0.4, -0.2) is 42.2 Å². The Labute approximate surface area is 114 Å². The number of nitrogens with zero attached hydrogens (tertiary/aromatic N) is 2. The molecule has 18 heavy (non-hydrogen) atoms. The first kappa shape index (κ1) is 13.7. The van der Waals surface area contributed by atoms with Crippen molar-refractivity contribution in [2.75, 3.05) is 31.1 Å². The third-order valence-corrected chi connectivity index (χ3v) is 3.97. The van der Waals surface area contributed by atoms with Crippen molar-refractivity contribution in [3.8, 4) is 0 Å². The van der Waals surface area contributed by atoms with Crippen molar-refractivity contribution < 1.29 is 5.11 Å². The van der Waals surface area contributed by atoms with Gasteiger partial charge in [-0.15, -0.1) is 0 Å². The third-order valence-electron chi connectivity index (χ3n) is 3.62. The quantitative estimate of drug-likeness (QED) is 0.912. The van der Waals surface area contributed by atoms with E-state index < -0.39 is 0 Å². The van der Waals surface area contributed by atoms with Crippen LogP contribution in [0.15, 0.2) is 18.2 Å². The summed E-state index contributed by atoms with van der Waals surface area (Å²) in [5.74, 6) is 0. The SMILES string of the molecule is CC(C)N1CCN(c2ccc(CO)c(Cl)c2)CC1. The van der Waals surface area contributed by atoms with E-state index in [1.807, 2.05) is 18.2 Å². The number of aliphatic hydroxyl groups excluding tert-OH is 1. The maximum atomic E-state index is 9.11. The fourth-order valence-corrected chi connectivity index (χ4v) is 2.59. The standard InChI is InChI=1S/C14H21ClN2O/c1-11(2)16-5-7-17(8-6-16)13-4-3-12(10-18)14(15)9-13/h3-4,9,11,18H,5-8,10H2,1-2H3. The molecule has 1 aliphatic heterocycles. The van der Waals surface area contributed by atoms with Gasteiger partial charge in [-0.3, -0.25) is 4.90 Å². The van der Waals surface area contributed by atoms with E-state index in [2.05, 4.69) is 23.6 Å². The summed E-state index contributed by atoms with van der Waals surface area (Å²) >= 11 is 6.13. The van der Waals surface area contributed by atoms with Gasteiger partial charge in [-0.25, -0.2) is 0 Å². The first-order chi connectivity index (χ1) is 8.61. The van der Waals surface area contributed by atoms with Crippen LogP contribution in [0.3, 0.4) is 0 Å². The summed E-state index contributed by atoms with van der Waals surface area (Å²) in [4.78, 5) is 4.84. The smallest absolute Gasteiger partial charge is 0.0696 e. The van der Waals surface area contributed by atoms with Gasteiger partial charge in [0.15, 0.2) is 0 Å². The average Bonchev–Trinajstić information content (AvgIpc) is 2.38. The molecule has 0 unspecified atom stereocenters. The molecule has 100 valence electrons. The fraction of sp³-hybridized carbons (Fsp3) is 0.571. The lowest BCUT2D eigenvalue weighted by atomic mass is 10.1. The zero-order valence-corrected chi connectivity index (χ0v) is 11.8. The minimum atomic E-state index is 0.000239. The minimum Gasteiger partial charge on any atom is -0.392 e. The topological polar surface area (TPSA) is 26.7 Å². The number of hydrogen-bond acceptors (Lipinski definition) is 3.